The van der Waals surface area contributed by atoms with E-state index in [1.165, 1.54) is 6.08 Å². The molecule has 3 nitrogen and oxygen atoms in total. The van der Waals surface area contributed by atoms with Gasteiger partial charge < -0.3 is 4.90 Å². The summed E-state index contributed by atoms with van der Waals surface area (Å²) in [6.07, 6.45) is 3.88. The van der Waals surface area contributed by atoms with E-state index in [1.54, 1.807) is 12.3 Å². The molecule has 0 bridgehead atoms. The summed E-state index contributed by atoms with van der Waals surface area (Å²) >= 11 is 5.66. The number of allylic oxidation sites excluding steroid dienone is 1. The summed E-state index contributed by atoms with van der Waals surface area (Å²) in [5, 5.41) is 0.443. The molecule has 0 aliphatic heterocycles. The summed E-state index contributed by atoms with van der Waals surface area (Å²) in [6.45, 7) is 0. The van der Waals surface area contributed by atoms with Crippen molar-refractivity contribution in [1.82, 2.24) is 9.88 Å². The van der Waals surface area contributed by atoms with Crippen molar-refractivity contribution in [3.63, 3.8) is 0 Å². The van der Waals surface area contributed by atoms with Gasteiger partial charge in [-0.3, -0.25) is 4.79 Å². The van der Waals surface area contributed by atoms with Gasteiger partial charge in [0.15, 0.2) is 0 Å². The molecule has 0 aliphatic rings. The first kappa shape index (κ1) is 10.7. The lowest BCUT2D eigenvalue weighted by atomic mass is 10.2. The normalized spacial score (nSPS) is 11.2. The Kier molecular flexibility index (Phi) is 3.65. The van der Waals surface area contributed by atoms with Crippen LogP contribution in [-0.4, -0.2) is 30.3 Å². The summed E-state index contributed by atoms with van der Waals surface area (Å²) in [4.78, 5) is 16.2. The lowest BCUT2D eigenvalue weighted by molar-refractivity contribution is -0.104. The van der Waals surface area contributed by atoms with Crippen LogP contribution in [0.5, 0.6) is 0 Å². The lowest BCUT2D eigenvalue weighted by Gasteiger charge is -2.16. The minimum absolute atomic E-state index is 0.443. The zero-order chi connectivity index (χ0) is 10.6. The Morgan fingerprint density at radius 1 is 1.50 bits per heavy atom. The number of rotatable bonds is 3. The number of hydrogen-bond donors (Lipinski definition) is 0. The monoisotopic (exact) mass is 210 g/mol. The van der Waals surface area contributed by atoms with E-state index in [0.29, 0.717) is 5.15 Å². The van der Waals surface area contributed by atoms with Gasteiger partial charge in [-0.1, -0.05) is 11.6 Å². The van der Waals surface area contributed by atoms with Gasteiger partial charge in [-0.2, -0.15) is 0 Å². The molecule has 0 atom stereocenters. The van der Waals surface area contributed by atoms with Gasteiger partial charge in [-0.15, -0.1) is 0 Å². The highest BCUT2D eigenvalue weighted by Crippen LogP contribution is 2.16. The summed E-state index contributed by atoms with van der Waals surface area (Å²) in [5.74, 6) is 0. The van der Waals surface area contributed by atoms with Crippen LogP contribution in [0.15, 0.2) is 24.4 Å². The predicted octanol–water partition coefficient (Wildman–Crippen LogP) is 1.84. The molecular weight excluding hydrogens is 200 g/mol. The average Bonchev–Trinajstić information content (AvgIpc) is 2.15. The number of aldehydes is 1. The number of carbonyl (C=O) groups is 1. The van der Waals surface area contributed by atoms with Gasteiger partial charge >= 0.3 is 0 Å². The third-order valence-corrected chi connectivity index (χ3v) is 1.95. The Bertz CT molecular complexity index is 344. The van der Waals surface area contributed by atoms with Crippen LogP contribution in [-0.2, 0) is 4.79 Å². The Labute approximate surface area is 88.0 Å². The topological polar surface area (TPSA) is 33.2 Å². The van der Waals surface area contributed by atoms with Gasteiger partial charge in [0.05, 0.1) is 0 Å². The van der Waals surface area contributed by atoms with Crippen LogP contribution < -0.4 is 0 Å². The fraction of sp³-hybridized carbons (Fsp3) is 0.200. The number of pyridine rings is 1. The fourth-order valence-electron chi connectivity index (χ4n) is 1.10. The molecule has 0 N–H and O–H groups in total. The molecule has 4 heteroatoms. The van der Waals surface area contributed by atoms with Gasteiger partial charge in [-0.25, -0.2) is 4.98 Å². The highest BCUT2D eigenvalue weighted by molar-refractivity contribution is 6.29. The molecule has 1 rings (SSSR count). The quantitative estimate of drug-likeness (QED) is 0.434. The molecule has 0 radical (unpaired) electrons. The maximum absolute atomic E-state index is 10.4. The zero-order valence-electron chi connectivity index (χ0n) is 8.07. The van der Waals surface area contributed by atoms with Crippen molar-refractivity contribution >= 4 is 23.6 Å². The van der Waals surface area contributed by atoms with Crippen LogP contribution >= 0.6 is 11.6 Å². The molecule has 0 saturated heterocycles. The first-order valence-corrected chi connectivity index (χ1v) is 4.47. The van der Waals surface area contributed by atoms with Crippen LogP contribution in [0.4, 0.5) is 0 Å². The summed E-state index contributed by atoms with van der Waals surface area (Å²) in [6, 6.07) is 3.52. The van der Waals surface area contributed by atoms with Crippen LogP contribution in [0, 0.1) is 0 Å². The van der Waals surface area contributed by atoms with Crippen molar-refractivity contribution in [2.24, 2.45) is 0 Å². The summed E-state index contributed by atoms with van der Waals surface area (Å²) in [7, 11) is 3.73. The lowest BCUT2D eigenvalue weighted by Crippen LogP contribution is -2.10. The molecular formula is C10H11ClN2O. The van der Waals surface area contributed by atoms with E-state index in [2.05, 4.69) is 4.98 Å². The van der Waals surface area contributed by atoms with Gasteiger partial charge in [0, 0.05) is 37.6 Å². The molecule has 1 heterocycles. The molecule has 0 fully saturated rings. The van der Waals surface area contributed by atoms with E-state index in [1.807, 2.05) is 25.1 Å². The third kappa shape index (κ3) is 2.57. The fourth-order valence-corrected chi connectivity index (χ4v) is 1.21. The molecule has 0 saturated carbocycles. The Hall–Kier alpha value is -1.35. The summed E-state index contributed by atoms with van der Waals surface area (Å²) < 4.78 is 0. The minimum atomic E-state index is 0.443. The Morgan fingerprint density at radius 3 is 2.64 bits per heavy atom. The molecule has 0 spiro atoms. The molecule has 74 valence electrons. The zero-order valence-corrected chi connectivity index (χ0v) is 8.82. The van der Waals surface area contributed by atoms with E-state index in [-0.39, 0.29) is 0 Å². The molecule has 0 amide bonds. The highest BCUT2D eigenvalue weighted by atomic mass is 35.5. The summed E-state index contributed by atoms with van der Waals surface area (Å²) in [5.41, 5.74) is 1.68. The molecule has 14 heavy (non-hydrogen) atoms. The van der Waals surface area contributed by atoms with E-state index < -0.39 is 0 Å². The van der Waals surface area contributed by atoms with Crippen molar-refractivity contribution in [2.75, 3.05) is 14.1 Å². The average molecular weight is 211 g/mol. The molecule has 1 aromatic rings. The number of halogens is 1. The van der Waals surface area contributed by atoms with Crippen LogP contribution in [0.25, 0.3) is 5.70 Å². The molecule has 0 aliphatic carbocycles. The first-order chi connectivity index (χ1) is 6.65. The van der Waals surface area contributed by atoms with E-state index >= 15 is 0 Å². The van der Waals surface area contributed by atoms with Gasteiger partial charge in [0.25, 0.3) is 0 Å². The van der Waals surface area contributed by atoms with Crippen molar-refractivity contribution < 1.29 is 4.79 Å². The minimum Gasteiger partial charge on any atom is -0.377 e. The van der Waals surface area contributed by atoms with Gasteiger partial charge in [-0.05, 0) is 12.1 Å². The Morgan fingerprint density at radius 2 is 2.21 bits per heavy atom. The second kappa shape index (κ2) is 4.77. The van der Waals surface area contributed by atoms with Crippen molar-refractivity contribution in [3.05, 3.63) is 35.1 Å². The second-order valence-corrected chi connectivity index (χ2v) is 3.34. The Balaban J connectivity index is 3.06. The van der Waals surface area contributed by atoms with Crippen molar-refractivity contribution in [3.8, 4) is 0 Å². The van der Waals surface area contributed by atoms with Gasteiger partial charge in [0.2, 0.25) is 0 Å². The SMILES string of the molecule is CN(C)C(=CC=O)c1ccc(Cl)nc1. The van der Waals surface area contributed by atoms with Crippen molar-refractivity contribution in [2.45, 2.75) is 0 Å². The maximum Gasteiger partial charge on any atom is 0.144 e. The molecule has 0 unspecified atom stereocenters. The molecule has 1 aromatic heterocycles. The maximum atomic E-state index is 10.4. The smallest absolute Gasteiger partial charge is 0.144 e. The van der Waals surface area contributed by atoms with Gasteiger partial charge in [0.1, 0.15) is 11.4 Å². The highest BCUT2D eigenvalue weighted by Gasteiger charge is 2.03. The van der Waals surface area contributed by atoms with Crippen LogP contribution in [0.2, 0.25) is 5.15 Å². The van der Waals surface area contributed by atoms with E-state index in [9.17, 15) is 4.79 Å². The van der Waals surface area contributed by atoms with Crippen LogP contribution in [0.3, 0.4) is 0 Å². The predicted molar refractivity (Wildman–Crippen MR) is 57.0 cm³/mol. The second-order valence-electron chi connectivity index (χ2n) is 2.95. The van der Waals surface area contributed by atoms with E-state index in [4.69, 9.17) is 11.6 Å². The van der Waals surface area contributed by atoms with Crippen LogP contribution in [0.1, 0.15) is 5.56 Å². The number of nitrogens with zero attached hydrogens (tertiary/aromatic N) is 2. The largest absolute Gasteiger partial charge is 0.377 e. The first-order valence-electron chi connectivity index (χ1n) is 4.10. The standard InChI is InChI=1S/C10H11ClN2O/c1-13(2)9(5-6-14)8-3-4-10(11)12-7-8/h3-7H,1-2H3. The number of carbonyl (C=O) groups excluding carboxylic acids is 1. The van der Waals surface area contributed by atoms with Crippen molar-refractivity contribution in [1.29, 1.82) is 0 Å². The third-order valence-electron chi connectivity index (χ3n) is 1.73. The molecule has 0 aromatic carbocycles. The number of aromatic nitrogens is 1. The number of hydrogen-bond acceptors (Lipinski definition) is 3. The van der Waals surface area contributed by atoms with E-state index in [0.717, 1.165) is 17.5 Å².